The number of aliphatic hydroxyl groups is 1. The first kappa shape index (κ1) is 14.6. The zero-order valence-electron chi connectivity index (χ0n) is 8.35. The van der Waals surface area contributed by atoms with Crippen molar-refractivity contribution in [3.63, 3.8) is 0 Å². The second-order valence-electron chi connectivity index (χ2n) is 3.50. The van der Waals surface area contributed by atoms with Crippen LogP contribution in [0.3, 0.4) is 0 Å². The Kier molecular flexibility index (Phi) is 6.13. The lowest BCUT2D eigenvalue weighted by Crippen LogP contribution is -2.40. The van der Waals surface area contributed by atoms with Gasteiger partial charge in [0.2, 0.25) is 0 Å². The van der Waals surface area contributed by atoms with Crippen LogP contribution in [0.25, 0.3) is 0 Å². The van der Waals surface area contributed by atoms with E-state index in [1.54, 1.807) is 6.20 Å². The third-order valence-electron chi connectivity index (χ3n) is 2.57. The summed E-state index contributed by atoms with van der Waals surface area (Å²) >= 11 is 0. The van der Waals surface area contributed by atoms with E-state index in [0.29, 0.717) is 0 Å². The second kappa shape index (κ2) is 6.28. The zero-order valence-corrected chi connectivity index (χ0v) is 9.98. The molecule has 0 radical (unpaired) electrons. The minimum atomic E-state index is -0.702. The van der Waals surface area contributed by atoms with Gasteiger partial charge in [-0.05, 0) is 38.1 Å². The van der Waals surface area contributed by atoms with Crippen LogP contribution in [0.4, 0.5) is 0 Å². The van der Waals surface area contributed by atoms with Gasteiger partial charge < -0.3 is 10.4 Å². The molecule has 2 heterocycles. The molecule has 0 bridgehead atoms. The van der Waals surface area contributed by atoms with Gasteiger partial charge in [-0.1, -0.05) is 6.07 Å². The van der Waals surface area contributed by atoms with Crippen LogP contribution < -0.4 is 5.32 Å². The van der Waals surface area contributed by atoms with Crippen LogP contribution in [-0.2, 0) is 5.60 Å². The Morgan fingerprint density at radius 1 is 1.20 bits per heavy atom. The summed E-state index contributed by atoms with van der Waals surface area (Å²) in [5.74, 6) is 0. The molecule has 1 saturated heterocycles. The van der Waals surface area contributed by atoms with Crippen LogP contribution in [0.15, 0.2) is 24.4 Å². The van der Waals surface area contributed by atoms with E-state index in [1.807, 2.05) is 18.2 Å². The minimum Gasteiger partial charge on any atom is -0.383 e. The van der Waals surface area contributed by atoms with Crippen molar-refractivity contribution in [3.8, 4) is 0 Å². The Morgan fingerprint density at radius 2 is 1.87 bits per heavy atom. The van der Waals surface area contributed by atoms with Gasteiger partial charge in [0, 0.05) is 6.20 Å². The summed E-state index contributed by atoms with van der Waals surface area (Å²) in [5, 5.41) is 13.5. The molecule has 0 spiro atoms. The average molecular weight is 251 g/mol. The number of hydrogen-bond acceptors (Lipinski definition) is 3. The predicted octanol–water partition coefficient (Wildman–Crippen LogP) is 1.50. The van der Waals surface area contributed by atoms with Gasteiger partial charge in [0.25, 0.3) is 0 Å². The average Bonchev–Trinajstić information content (AvgIpc) is 2.20. The zero-order chi connectivity index (χ0) is 9.15. The number of hydrogen-bond donors (Lipinski definition) is 2. The molecule has 2 rings (SSSR count). The summed E-state index contributed by atoms with van der Waals surface area (Å²) in [6.45, 7) is 1.74. The molecule has 1 fully saturated rings. The first-order chi connectivity index (χ1) is 6.31. The quantitative estimate of drug-likeness (QED) is 0.795. The molecule has 86 valence electrons. The highest BCUT2D eigenvalue weighted by Gasteiger charge is 2.31. The molecular weight excluding hydrogens is 235 g/mol. The molecule has 0 atom stereocenters. The summed E-state index contributed by atoms with van der Waals surface area (Å²) in [5.41, 5.74) is 0.100. The smallest absolute Gasteiger partial charge is 0.109 e. The lowest BCUT2D eigenvalue weighted by molar-refractivity contribution is 0.00188. The van der Waals surface area contributed by atoms with Crippen LogP contribution in [0.2, 0.25) is 0 Å². The maximum Gasteiger partial charge on any atom is 0.109 e. The van der Waals surface area contributed by atoms with Crippen LogP contribution in [0.5, 0.6) is 0 Å². The topological polar surface area (TPSA) is 45.2 Å². The van der Waals surface area contributed by atoms with E-state index < -0.39 is 5.60 Å². The summed E-state index contributed by atoms with van der Waals surface area (Å²) in [4.78, 5) is 4.20. The van der Waals surface area contributed by atoms with Crippen molar-refractivity contribution in [2.45, 2.75) is 18.4 Å². The highest BCUT2D eigenvalue weighted by atomic mass is 35.5. The maximum absolute atomic E-state index is 10.2. The fourth-order valence-corrected chi connectivity index (χ4v) is 1.73. The Labute approximate surface area is 102 Å². The van der Waals surface area contributed by atoms with Gasteiger partial charge >= 0.3 is 0 Å². The monoisotopic (exact) mass is 250 g/mol. The number of pyridine rings is 1. The molecule has 15 heavy (non-hydrogen) atoms. The molecule has 1 aromatic rings. The Morgan fingerprint density at radius 3 is 2.40 bits per heavy atom. The van der Waals surface area contributed by atoms with Crippen LogP contribution in [0, 0.1) is 0 Å². The van der Waals surface area contributed by atoms with E-state index in [0.717, 1.165) is 31.6 Å². The lowest BCUT2D eigenvalue weighted by atomic mass is 9.89. The van der Waals surface area contributed by atoms with Crippen molar-refractivity contribution in [1.29, 1.82) is 0 Å². The molecule has 1 aromatic heterocycles. The number of piperidine rings is 1. The number of nitrogens with one attached hydrogen (secondary N) is 1. The minimum absolute atomic E-state index is 0. The van der Waals surface area contributed by atoms with Crippen molar-refractivity contribution in [1.82, 2.24) is 10.3 Å². The van der Waals surface area contributed by atoms with E-state index in [-0.39, 0.29) is 24.8 Å². The number of aromatic nitrogens is 1. The van der Waals surface area contributed by atoms with Crippen molar-refractivity contribution in [3.05, 3.63) is 30.1 Å². The Hall–Kier alpha value is -0.350. The molecule has 1 aliphatic heterocycles. The fraction of sp³-hybridized carbons (Fsp3) is 0.500. The van der Waals surface area contributed by atoms with Gasteiger partial charge in [-0.25, -0.2) is 0 Å². The van der Waals surface area contributed by atoms with Crippen LogP contribution in [-0.4, -0.2) is 23.2 Å². The van der Waals surface area contributed by atoms with Gasteiger partial charge in [-0.3, -0.25) is 4.98 Å². The Balaban J connectivity index is 0.000000980. The summed E-state index contributed by atoms with van der Waals surface area (Å²) < 4.78 is 0. The first-order valence-electron chi connectivity index (χ1n) is 4.66. The van der Waals surface area contributed by atoms with Gasteiger partial charge in [0.1, 0.15) is 5.60 Å². The molecule has 0 amide bonds. The van der Waals surface area contributed by atoms with E-state index >= 15 is 0 Å². The maximum atomic E-state index is 10.2. The van der Waals surface area contributed by atoms with Crippen molar-refractivity contribution in [2.75, 3.05) is 13.1 Å². The SMILES string of the molecule is Cl.Cl.OC1(c2ccccn2)CCNCC1. The summed E-state index contributed by atoms with van der Waals surface area (Å²) in [7, 11) is 0. The molecule has 0 aliphatic carbocycles. The molecule has 1 aliphatic rings. The standard InChI is InChI=1S/C10H14N2O.2ClH/c13-10(4-7-11-8-5-10)9-3-1-2-6-12-9;;/h1-3,6,11,13H,4-5,7-8H2;2*1H. The van der Waals surface area contributed by atoms with Crippen LogP contribution >= 0.6 is 24.8 Å². The van der Waals surface area contributed by atoms with Crippen molar-refractivity contribution in [2.24, 2.45) is 0 Å². The van der Waals surface area contributed by atoms with E-state index in [1.165, 1.54) is 0 Å². The highest BCUT2D eigenvalue weighted by Crippen LogP contribution is 2.28. The van der Waals surface area contributed by atoms with Crippen molar-refractivity contribution >= 4 is 24.8 Å². The van der Waals surface area contributed by atoms with Gasteiger partial charge in [0.05, 0.1) is 5.69 Å². The van der Waals surface area contributed by atoms with Gasteiger partial charge in [-0.2, -0.15) is 0 Å². The molecule has 0 saturated carbocycles. The highest BCUT2D eigenvalue weighted by molar-refractivity contribution is 5.85. The molecule has 5 heteroatoms. The third kappa shape index (κ3) is 3.31. The molecule has 3 nitrogen and oxygen atoms in total. The third-order valence-corrected chi connectivity index (χ3v) is 2.57. The number of halogens is 2. The normalized spacial score (nSPS) is 18.5. The summed E-state index contributed by atoms with van der Waals surface area (Å²) in [6.07, 6.45) is 3.24. The van der Waals surface area contributed by atoms with E-state index in [9.17, 15) is 5.11 Å². The number of nitrogens with zero attached hydrogens (tertiary/aromatic N) is 1. The molecule has 0 aromatic carbocycles. The van der Waals surface area contributed by atoms with Gasteiger partial charge in [0.15, 0.2) is 0 Å². The Bertz CT molecular complexity index is 276. The first-order valence-corrected chi connectivity index (χ1v) is 4.66. The van der Waals surface area contributed by atoms with Crippen LogP contribution in [0.1, 0.15) is 18.5 Å². The largest absolute Gasteiger partial charge is 0.383 e. The fourth-order valence-electron chi connectivity index (χ4n) is 1.73. The second-order valence-corrected chi connectivity index (χ2v) is 3.50. The van der Waals surface area contributed by atoms with Crippen molar-refractivity contribution < 1.29 is 5.11 Å². The predicted molar refractivity (Wildman–Crippen MR) is 64.7 cm³/mol. The summed E-state index contributed by atoms with van der Waals surface area (Å²) in [6, 6.07) is 5.68. The van der Waals surface area contributed by atoms with Gasteiger partial charge in [-0.15, -0.1) is 24.8 Å². The lowest BCUT2D eigenvalue weighted by Gasteiger charge is -2.31. The van der Waals surface area contributed by atoms with E-state index in [4.69, 9.17) is 0 Å². The molecular formula is C10H16Cl2N2O. The molecule has 2 N–H and O–H groups in total. The van der Waals surface area contributed by atoms with E-state index in [2.05, 4.69) is 10.3 Å². The number of rotatable bonds is 1. The molecule has 0 unspecified atom stereocenters.